The number of thiazole rings is 2. The summed E-state index contributed by atoms with van der Waals surface area (Å²) in [4.78, 5) is 22.4. The highest BCUT2D eigenvalue weighted by Gasteiger charge is 2.51. The van der Waals surface area contributed by atoms with Crippen LogP contribution >= 0.6 is 22.7 Å². The third-order valence-electron chi connectivity index (χ3n) is 5.28. The average molecular weight is 466 g/mol. The minimum absolute atomic E-state index is 0.0656. The molecule has 7 nitrogen and oxygen atoms in total. The summed E-state index contributed by atoms with van der Waals surface area (Å²) in [6.45, 7) is 4.69. The zero-order valence-corrected chi connectivity index (χ0v) is 19.2. The van der Waals surface area contributed by atoms with Gasteiger partial charge in [0, 0.05) is 25.8 Å². The van der Waals surface area contributed by atoms with Gasteiger partial charge in [0.25, 0.3) is 0 Å². The maximum absolute atomic E-state index is 13.4. The van der Waals surface area contributed by atoms with E-state index < -0.39 is 20.5 Å². The molecule has 2 aromatic heterocycles. The van der Waals surface area contributed by atoms with Crippen molar-refractivity contribution in [2.24, 2.45) is 11.7 Å². The van der Waals surface area contributed by atoms with Crippen molar-refractivity contribution < 1.29 is 17.9 Å². The second-order valence-corrected chi connectivity index (χ2v) is 12.2. The number of nitrogens with zero attached hydrogens (tertiary/aromatic N) is 2. The van der Waals surface area contributed by atoms with Crippen LogP contribution in [-0.4, -0.2) is 42.3 Å². The van der Waals surface area contributed by atoms with Crippen molar-refractivity contribution >= 4 is 48.6 Å². The maximum atomic E-state index is 13.4. The fourth-order valence-electron chi connectivity index (χ4n) is 3.60. The lowest BCUT2D eigenvalue weighted by atomic mass is 9.98. The zero-order valence-electron chi connectivity index (χ0n) is 16.8. The third-order valence-corrected chi connectivity index (χ3v) is 10.0. The topological polar surface area (TPSA) is 112 Å². The minimum Gasteiger partial charge on any atom is -0.381 e. The van der Waals surface area contributed by atoms with Crippen molar-refractivity contribution in [1.29, 1.82) is 0 Å². The van der Waals surface area contributed by atoms with Gasteiger partial charge >= 0.3 is 0 Å². The molecule has 3 heterocycles. The molecule has 1 aromatic carbocycles. The van der Waals surface area contributed by atoms with Crippen LogP contribution in [0.1, 0.15) is 31.7 Å². The number of sulfone groups is 1. The molecule has 30 heavy (non-hydrogen) atoms. The quantitative estimate of drug-likeness (QED) is 0.597. The van der Waals surface area contributed by atoms with E-state index in [1.54, 1.807) is 23.5 Å². The molecule has 0 bridgehead atoms. The Balaban J connectivity index is 1.72. The number of primary amides is 1. The lowest BCUT2D eigenvalue weighted by molar-refractivity contribution is -0.122. The number of amides is 1. The molecule has 1 aliphatic rings. The van der Waals surface area contributed by atoms with E-state index >= 15 is 0 Å². The van der Waals surface area contributed by atoms with E-state index in [-0.39, 0.29) is 31.0 Å². The highest BCUT2D eigenvalue weighted by molar-refractivity contribution is 7.93. The number of hydrogen-bond acceptors (Lipinski definition) is 8. The number of aromatic nitrogens is 2. The van der Waals surface area contributed by atoms with Gasteiger partial charge in [-0.05, 0) is 37.0 Å². The molecule has 2 N–H and O–H groups in total. The van der Waals surface area contributed by atoms with Crippen LogP contribution in [0.5, 0.6) is 0 Å². The Morgan fingerprint density at radius 1 is 1.27 bits per heavy atom. The fraction of sp³-hybridized carbons (Fsp3) is 0.450. The molecule has 10 heteroatoms. The van der Waals surface area contributed by atoms with Crippen LogP contribution < -0.4 is 5.73 Å². The second kappa shape index (κ2) is 7.99. The lowest BCUT2D eigenvalue weighted by Gasteiger charge is -2.33. The van der Waals surface area contributed by atoms with Crippen LogP contribution in [0.3, 0.4) is 0 Å². The Kier molecular flexibility index (Phi) is 5.69. The van der Waals surface area contributed by atoms with E-state index in [0.29, 0.717) is 11.4 Å². The summed E-state index contributed by atoms with van der Waals surface area (Å²) in [7, 11) is -3.96. The minimum atomic E-state index is -3.96. The molecule has 0 spiro atoms. The fourth-order valence-corrected chi connectivity index (χ4v) is 7.79. The van der Waals surface area contributed by atoms with Gasteiger partial charge in [-0.25, -0.2) is 18.4 Å². The Hall–Kier alpha value is -1.88. The first-order chi connectivity index (χ1) is 14.2. The molecule has 0 unspecified atom stereocenters. The number of benzene rings is 1. The molecular formula is C20H23N3O4S3. The van der Waals surface area contributed by atoms with Crippen molar-refractivity contribution in [3.05, 3.63) is 29.4 Å². The molecule has 0 atom stereocenters. The Morgan fingerprint density at radius 3 is 2.67 bits per heavy atom. The van der Waals surface area contributed by atoms with E-state index in [4.69, 9.17) is 10.5 Å². The highest BCUT2D eigenvalue weighted by Crippen LogP contribution is 2.38. The van der Waals surface area contributed by atoms with Gasteiger partial charge in [0.1, 0.15) is 5.01 Å². The van der Waals surface area contributed by atoms with Crippen molar-refractivity contribution in [3.63, 3.8) is 0 Å². The number of rotatable bonds is 6. The van der Waals surface area contributed by atoms with Gasteiger partial charge < -0.3 is 10.5 Å². The number of nitrogens with two attached hydrogens (primary N) is 1. The molecule has 1 aliphatic heterocycles. The summed E-state index contributed by atoms with van der Waals surface area (Å²) in [6, 6.07) is 4.80. The van der Waals surface area contributed by atoms with Gasteiger partial charge in [-0.15, -0.1) is 22.7 Å². The summed E-state index contributed by atoms with van der Waals surface area (Å²) in [5, 5.41) is 1.87. The molecule has 1 saturated heterocycles. The van der Waals surface area contributed by atoms with Crippen LogP contribution in [0.4, 0.5) is 0 Å². The Morgan fingerprint density at radius 2 is 2.00 bits per heavy atom. The smallest absolute Gasteiger partial charge is 0.239 e. The number of hydrogen-bond donors (Lipinski definition) is 1. The number of fused-ring (bicyclic) bond motifs is 1. The Labute approximate surface area is 183 Å². The van der Waals surface area contributed by atoms with Gasteiger partial charge in [0.15, 0.2) is 14.6 Å². The predicted molar refractivity (Wildman–Crippen MR) is 118 cm³/mol. The van der Waals surface area contributed by atoms with Gasteiger partial charge in [-0.3, -0.25) is 4.79 Å². The lowest BCUT2D eigenvalue weighted by Crippen LogP contribution is -2.53. The normalized spacial score (nSPS) is 16.9. The average Bonchev–Trinajstić information content (AvgIpc) is 3.33. The summed E-state index contributed by atoms with van der Waals surface area (Å²) in [5.41, 5.74) is 6.28. The molecule has 1 amide bonds. The molecule has 1 fully saturated rings. The first kappa shape index (κ1) is 21.4. The maximum Gasteiger partial charge on any atom is 0.239 e. The first-order valence-electron chi connectivity index (χ1n) is 9.71. The molecule has 0 aliphatic carbocycles. The summed E-state index contributed by atoms with van der Waals surface area (Å²) in [6.07, 6.45) is 2.87. The summed E-state index contributed by atoms with van der Waals surface area (Å²) < 4.78 is 31.2. The Bertz CT molecular complexity index is 1190. The second-order valence-electron chi connectivity index (χ2n) is 7.84. The molecule has 0 radical (unpaired) electrons. The van der Waals surface area contributed by atoms with Crippen molar-refractivity contribution in [3.8, 4) is 9.88 Å². The SMILES string of the molecule is CC(C)Cc1ncc(-c2nc3ccc(S(=O)(=O)C4(C(N)=O)CCOCC4)cc3s2)s1. The number of ether oxygens (including phenoxy) is 1. The number of carbonyl (C=O) groups excluding carboxylic acids is 1. The van der Waals surface area contributed by atoms with Gasteiger partial charge in [-0.1, -0.05) is 13.8 Å². The van der Waals surface area contributed by atoms with Crippen LogP contribution in [-0.2, 0) is 25.8 Å². The van der Waals surface area contributed by atoms with Crippen molar-refractivity contribution in [2.45, 2.75) is 42.8 Å². The monoisotopic (exact) mass is 465 g/mol. The van der Waals surface area contributed by atoms with E-state index in [1.807, 2.05) is 6.20 Å². The molecule has 3 aromatic rings. The van der Waals surface area contributed by atoms with Gasteiger partial charge in [-0.2, -0.15) is 0 Å². The van der Waals surface area contributed by atoms with Crippen LogP contribution in [0, 0.1) is 5.92 Å². The molecular weight excluding hydrogens is 442 g/mol. The van der Waals surface area contributed by atoms with E-state index in [9.17, 15) is 13.2 Å². The van der Waals surface area contributed by atoms with Crippen molar-refractivity contribution in [2.75, 3.05) is 13.2 Å². The van der Waals surface area contributed by atoms with Crippen molar-refractivity contribution in [1.82, 2.24) is 9.97 Å². The highest BCUT2D eigenvalue weighted by atomic mass is 32.2. The third kappa shape index (κ3) is 3.66. The largest absolute Gasteiger partial charge is 0.381 e. The van der Waals surface area contributed by atoms with Crippen LogP contribution in [0.15, 0.2) is 29.3 Å². The summed E-state index contributed by atoms with van der Waals surface area (Å²) >= 11 is 3.03. The van der Waals surface area contributed by atoms with Crippen LogP contribution in [0.25, 0.3) is 20.1 Å². The standard InChI is InChI=1S/C20H23N3O4S3/c1-12(2)9-17-22-11-16(28-17)18-23-14-4-3-13(10-15(14)29-18)30(25,26)20(19(21)24)5-7-27-8-6-20/h3-4,10-12H,5-9H2,1-2H3,(H2,21,24). The van der Waals surface area contributed by atoms with E-state index in [0.717, 1.165) is 26.0 Å². The molecule has 160 valence electrons. The first-order valence-corrected chi connectivity index (χ1v) is 12.8. The van der Waals surface area contributed by atoms with Gasteiger partial charge in [0.05, 0.1) is 25.0 Å². The van der Waals surface area contributed by atoms with E-state index in [2.05, 4.69) is 23.8 Å². The van der Waals surface area contributed by atoms with Gasteiger partial charge in [0.2, 0.25) is 5.91 Å². The molecule has 4 rings (SSSR count). The van der Waals surface area contributed by atoms with E-state index in [1.165, 1.54) is 17.4 Å². The predicted octanol–water partition coefficient (Wildman–Crippen LogP) is 3.43. The molecule has 0 saturated carbocycles. The zero-order chi connectivity index (χ0) is 21.5. The van der Waals surface area contributed by atoms with Crippen LogP contribution in [0.2, 0.25) is 0 Å². The summed E-state index contributed by atoms with van der Waals surface area (Å²) in [5.74, 6) is -0.298. The number of carbonyl (C=O) groups is 1.